The van der Waals surface area contributed by atoms with E-state index >= 15 is 0 Å². The zero-order chi connectivity index (χ0) is 18.5. The van der Waals surface area contributed by atoms with Crippen molar-refractivity contribution in [3.05, 3.63) is 34.9 Å². The van der Waals surface area contributed by atoms with Crippen LogP contribution in [-0.4, -0.2) is 37.5 Å². The van der Waals surface area contributed by atoms with E-state index in [1.165, 1.54) is 64.2 Å². The van der Waals surface area contributed by atoms with Gasteiger partial charge in [0.2, 0.25) is 5.78 Å². The molecule has 0 aliphatic carbocycles. The van der Waals surface area contributed by atoms with Crippen LogP contribution in [0.3, 0.4) is 0 Å². The second kappa shape index (κ2) is 14.5. The van der Waals surface area contributed by atoms with Crippen molar-refractivity contribution in [1.29, 1.82) is 0 Å². The minimum atomic E-state index is 0. The van der Waals surface area contributed by atoms with Gasteiger partial charge in [0.25, 0.3) is 0 Å². The number of unbranched alkanes of at least 4 members (excludes halogenated alkanes) is 9. The van der Waals surface area contributed by atoms with E-state index in [9.17, 15) is 4.79 Å². The lowest BCUT2D eigenvalue weighted by atomic mass is 10.1. The second-order valence-electron chi connectivity index (χ2n) is 7.93. The normalized spacial score (nSPS) is 11.2. The van der Waals surface area contributed by atoms with Gasteiger partial charge in [0.05, 0.1) is 20.6 Å². The lowest BCUT2D eigenvalue weighted by Gasteiger charge is -2.29. The van der Waals surface area contributed by atoms with Crippen molar-refractivity contribution in [2.24, 2.45) is 0 Å². The minimum absolute atomic E-state index is 0. The first-order valence-corrected chi connectivity index (χ1v) is 10.4. The van der Waals surface area contributed by atoms with Crippen molar-refractivity contribution in [2.75, 3.05) is 27.2 Å². The van der Waals surface area contributed by atoms with Crippen LogP contribution in [-0.2, 0) is 0 Å². The van der Waals surface area contributed by atoms with Crippen molar-refractivity contribution in [3.8, 4) is 0 Å². The van der Waals surface area contributed by atoms with Crippen LogP contribution in [0.5, 0.6) is 0 Å². The predicted octanol–water partition coefficient (Wildman–Crippen LogP) is 3.52. The summed E-state index contributed by atoms with van der Waals surface area (Å²) in [5, 5.41) is 0.677. The summed E-state index contributed by atoms with van der Waals surface area (Å²) in [6, 6.07) is 7.23. The van der Waals surface area contributed by atoms with Crippen LogP contribution in [0.15, 0.2) is 24.3 Å². The number of benzene rings is 1. The standard InChI is InChI=1S/C22H37ClNO.ClH/c1-4-5-6-7-8-9-10-11-12-13-18-24(2,3)19-22(25)20-14-16-21(23)17-15-20;/h14-17H,4-13,18-19H2,1-3H3;1H/q+1;/p-1. The molecule has 1 aromatic carbocycles. The SMILES string of the molecule is CCCCCCCCCCCC[N+](C)(C)CC(=O)c1ccc(Cl)cc1.[Cl-]. The monoisotopic (exact) mass is 401 g/mol. The van der Waals surface area contributed by atoms with Crippen LogP contribution >= 0.6 is 11.6 Å². The molecule has 1 aromatic rings. The molecule has 0 saturated heterocycles. The van der Waals surface area contributed by atoms with Gasteiger partial charge in [0.1, 0.15) is 6.54 Å². The van der Waals surface area contributed by atoms with Gasteiger partial charge < -0.3 is 16.9 Å². The number of nitrogens with zero attached hydrogens (tertiary/aromatic N) is 1. The summed E-state index contributed by atoms with van der Waals surface area (Å²) < 4.78 is 0.762. The maximum absolute atomic E-state index is 12.4. The number of carbonyl (C=O) groups excluding carboxylic acids is 1. The minimum Gasteiger partial charge on any atom is -1.00 e. The molecule has 0 saturated carbocycles. The first-order valence-electron chi connectivity index (χ1n) is 10.1. The molecule has 0 unspecified atom stereocenters. The summed E-state index contributed by atoms with van der Waals surface area (Å²) in [6.45, 7) is 3.89. The summed E-state index contributed by atoms with van der Waals surface area (Å²) in [5.74, 6) is 0.203. The molecule has 150 valence electrons. The number of carbonyl (C=O) groups is 1. The average molecular weight is 402 g/mol. The third kappa shape index (κ3) is 11.9. The molecule has 0 heterocycles. The third-order valence-electron chi connectivity index (χ3n) is 4.85. The van der Waals surface area contributed by atoms with Gasteiger partial charge in [-0.2, -0.15) is 0 Å². The molecule has 1 rings (SSSR count). The molecule has 0 atom stereocenters. The van der Waals surface area contributed by atoms with Gasteiger partial charge in [-0.05, 0) is 37.1 Å². The van der Waals surface area contributed by atoms with Gasteiger partial charge in [0.15, 0.2) is 0 Å². The maximum atomic E-state index is 12.4. The fourth-order valence-corrected chi connectivity index (χ4v) is 3.35. The average Bonchev–Trinajstić information content (AvgIpc) is 2.56. The summed E-state index contributed by atoms with van der Waals surface area (Å²) in [4.78, 5) is 12.4. The zero-order valence-electron chi connectivity index (χ0n) is 16.9. The Labute approximate surface area is 172 Å². The first-order chi connectivity index (χ1) is 11.9. The van der Waals surface area contributed by atoms with Crippen LogP contribution in [0.2, 0.25) is 5.02 Å². The quantitative estimate of drug-likeness (QED) is 0.264. The number of rotatable bonds is 14. The van der Waals surface area contributed by atoms with Crippen molar-refractivity contribution < 1.29 is 21.7 Å². The van der Waals surface area contributed by atoms with Crippen LogP contribution in [0.4, 0.5) is 0 Å². The number of halogens is 2. The molecule has 0 aliphatic rings. The number of ketones is 1. The number of hydrogen-bond acceptors (Lipinski definition) is 1. The van der Waals surface area contributed by atoms with E-state index in [0.717, 1.165) is 16.6 Å². The molecule has 0 amide bonds. The van der Waals surface area contributed by atoms with Crippen LogP contribution in [0.1, 0.15) is 81.5 Å². The lowest BCUT2D eigenvalue weighted by molar-refractivity contribution is -0.882. The summed E-state index contributed by atoms with van der Waals surface area (Å²) >= 11 is 5.89. The molecule has 4 heteroatoms. The highest BCUT2D eigenvalue weighted by Crippen LogP contribution is 2.14. The van der Waals surface area contributed by atoms with E-state index in [1.807, 2.05) is 12.1 Å². The Morgan fingerprint density at radius 1 is 0.846 bits per heavy atom. The topological polar surface area (TPSA) is 17.1 Å². The Bertz CT molecular complexity index is 485. The van der Waals surface area contributed by atoms with Gasteiger partial charge in [-0.1, -0.05) is 69.9 Å². The second-order valence-corrected chi connectivity index (χ2v) is 8.37. The first kappa shape index (κ1) is 25.4. The van der Waals surface area contributed by atoms with E-state index in [4.69, 9.17) is 11.6 Å². The number of quaternary nitrogens is 1. The molecule has 0 radical (unpaired) electrons. The van der Waals surface area contributed by atoms with Gasteiger partial charge in [-0.15, -0.1) is 0 Å². The smallest absolute Gasteiger partial charge is 0.216 e. The molecule has 0 spiro atoms. The van der Waals surface area contributed by atoms with E-state index < -0.39 is 0 Å². The molecule has 0 aromatic heterocycles. The van der Waals surface area contributed by atoms with Gasteiger partial charge in [-0.25, -0.2) is 0 Å². The Kier molecular flexibility index (Phi) is 14.2. The molecule has 0 aliphatic heterocycles. The summed E-state index contributed by atoms with van der Waals surface area (Å²) in [5.41, 5.74) is 0.763. The largest absolute Gasteiger partial charge is 1.00 e. The number of Topliss-reactive ketones (excluding diaryl/α,β-unsaturated/α-hetero) is 1. The molecule has 26 heavy (non-hydrogen) atoms. The van der Waals surface area contributed by atoms with Crippen LogP contribution < -0.4 is 12.4 Å². The Hall–Kier alpha value is -0.570. The molecule has 0 N–H and O–H groups in total. The summed E-state index contributed by atoms with van der Waals surface area (Å²) in [7, 11) is 4.31. The zero-order valence-corrected chi connectivity index (χ0v) is 18.4. The maximum Gasteiger partial charge on any atom is 0.216 e. The Morgan fingerprint density at radius 2 is 1.31 bits per heavy atom. The molecule has 0 fully saturated rings. The number of hydrogen-bond donors (Lipinski definition) is 0. The Balaban J connectivity index is 0.00000625. The molecular weight excluding hydrogens is 365 g/mol. The van der Waals surface area contributed by atoms with Crippen LogP contribution in [0, 0.1) is 0 Å². The summed E-state index contributed by atoms with van der Waals surface area (Å²) in [6.07, 6.45) is 13.5. The fraction of sp³-hybridized carbons (Fsp3) is 0.682. The van der Waals surface area contributed by atoms with E-state index in [1.54, 1.807) is 12.1 Å². The molecule has 2 nitrogen and oxygen atoms in total. The number of likely N-dealkylation sites (N-methyl/N-ethyl adjacent to an activating group) is 1. The van der Waals surface area contributed by atoms with E-state index in [0.29, 0.717) is 11.6 Å². The van der Waals surface area contributed by atoms with E-state index in [2.05, 4.69) is 21.0 Å². The van der Waals surface area contributed by atoms with Crippen molar-refractivity contribution >= 4 is 17.4 Å². The van der Waals surface area contributed by atoms with Crippen molar-refractivity contribution in [3.63, 3.8) is 0 Å². The van der Waals surface area contributed by atoms with Crippen molar-refractivity contribution in [1.82, 2.24) is 0 Å². The van der Waals surface area contributed by atoms with Gasteiger partial charge >= 0.3 is 0 Å². The highest BCUT2D eigenvalue weighted by atomic mass is 35.5. The van der Waals surface area contributed by atoms with Crippen LogP contribution in [0.25, 0.3) is 0 Å². The lowest BCUT2D eigenvalue weighted by Crippen LogP contribution is -3.00. The fourth-order valence-electron chi connectivity index (χ4n) is 3.22. The molecule has 0 bridgehead atoms. The van der Waals surface area contributed by atoms with E-state index in [-0.39, 0.29) is 18.2 Å². The molecular formula is C22H37Cl2NO. The van der Waals surface area contributed by atoms with Gasteiger partial charge in [0, 0.05) is 10.6 Å². The van der Waals surface area contributed by atoms with Gasteiger partial charge in [-0.3, -0.25) is 4.79 Å². The highest BCUT2D eigenvalue weighted by Gasteiger charge is 2.20. The third-order valence-corrected chi connectivity index (χ3v) is 5.11. The predicted molar refractivity (Wildman–Crippen MR) is 109 cm³/mol. The Morgan fingerprint density at radius 3 is 1.81 bits per heavy atom. The van der Waals surface area contributed by atoms with Crippen molar-refractivity contribution in [2.45, 2.75) is 71.1 Å². The highest BCUT2D eigenvalue weighted by molar-refractivity contribution is 6.30.